The zero-order valence-corrected chi connectivity index (χ0v) is 21.9. The molecule has 8 nitrogen and oxygen atoms in total. The fourth-order valence-electron chi connectivity index (χ4n) is 3.74. The number of aryl methyl sites for hydroxylation is 2. The van der Waals surface area contributed by atoms with E-state index in [0.29, 0.717) is 42.1 Å². The molecule has 1 amide bonds. The molecule has 0 spiro atoms. The predicted molar refractivity (Wildman–Crippen MR) is 144 cm³/mol. The molecule has 0 saturated carbocycles. The van der Waals surface area contributed by atoms with Crippen LogP contribution in [0.2, 0.25) is 0 Å². The highest BCUT2D eigenvalue weighted by molar-refractivity contribution is 8.27. The number of amides is 1. The zero-order valence-electron chi connectivity index (χ0n) is 21.1. The normalized spacial score (nSPS) is 16.3. The summed E-state index contributed by atoms with van der Waals surface area (Å²) in [6.07, 6.45) is 1.63. The van der Waals surface area contributed by atoms with Gasteiger partial charge in [0, 0.05) is 5.92 Å². The maximum absolute atomic E-state index is 12.7. The van der Waals surface area contributed by atoms with E-state index in [1.807, 2.05) is 52.8 Å². The Hall–Kier alpha value is -3.59. The third kappa shape index (κ3) is 5.79. The van der Waals surface area contributed by atoms with Crippen LogP contribution in [0.1, 0.15) is 37.5 Å². The molecule has 0 atom stereocenters. The third-order valence-corrected chi connectivity index (χ3v) is 6.56. The summed E-state index contributed by atoms with van der Waals surface area (Å²) < 4.78 is 17.5. The summed E-state index contributed by atoms with van der Waals surface area (Å²) in [5, 5.41) is 15.7. The Kier molecular flexibility index (Phi) is 7.79. The minimum atomic E-state index is -0.458. The van der Waals surface area contributed by atoms with Crippen LogP contribution in [0.5, 0.6) is 17.2 Å². The molecule has 0 aliphatic carbocycles. The number of hydrogen-bond donors (Lipinski definition) is 1. The fourth-order valence-corrected chi connectivity index (χ4v) is 4.63. The first-order chi connectivity index (χ1) is 17.2. The molecule has 36 heavy (non-hydrogen) atoms. The van der Waals surface area contributed by atoms with Gasteiger partial charge in [-0.15, -0.1) is 0 Å². The smallest absolute Gasteiger partial charge is 0.283 e. The first-order valence-corrected chi connectivity index (χ1v) is 12.7. The number of rotatable bonds is 9. The molecule has 0 saturated heterocycles. The molecule has 9 heteroatoms. The highest BCUT2D eigenvalue weighted by Crippen LogP contribution is 2.33. The molecule has 2 aliphatic heterocycles. The van der Waals surface area contributed by atoms with Crippen LogP contribution in [0.4, 0.5) is 0 Å². The van der Waals surface area contributed by atoms with E-state index >= 15 is 0 Å². The number of thioether (sulfide) groups is 1. The highest BCUT2D eigenvalue weighted by Gasteiger charge is 2.36. The Balaban J connectivity index is 1.47. The quantitative estimate of drug-likeness (QED) is 0.360. The van der Waals surface area contributed by atoms with Gasteiger partial charge < -0.3 is 14.2 Å². The van der Waals surface area contributed by atoms with Crippen LogP contribution in [0, 0.1) is 25.2 Å². The van der Waals surface area contributed by atoms with Gasteiger partial charge in [-0.25, -0.2) is 0 Å². The topological polar surface area (TPSA) is 96.6 Å². The molecule has 188 valence electrons. The summed E-state index contributed by atoms with van der Waals surface area (Å²) in [5.74, 6) is 1.68. The van der Waals surface area contributed by atoms with Gasteiger partial charge in [-0.05, 0) is 79.6 Å². The monoisotopic (exact) mass is 506 g/mol. The molecule has 1 N–H and O–H groups in total. The lowest BCUT2D eigenvalue weighted by atomic mass is 10.1. The van der Waals surface area contributed by atoms with Crippen LogP contribution < -0.4 is 14.2 Å². The van der Waals surface area contributed by atoms with Crippen molar-refractivity contribution in [1.82, 2.24) is 5.01 Å². The van der Waals surface area contributed by atoms with Crippen molar-refractivity contribution in [3.63, 3.8) is 0 Å². The Morgan fingerprint density at radius 1 is 1.03 bits per heavy atom. The standard InChI is InChI=1S/C27H30N4O4S/c1-6-33-23-15-19(7-8-22(23)35-10-9-34-20-12-17(4)11-18(5)13-20)14-21-24(28)31-27(29-25(21)32)36-26(30-31)16(2)3/h7-8,11-16,28H,6,9-10H2,1-5H3. The van der Waals surface area contributed by atoms with Crippen molar-refractivity contribution in [1.29, 1.82) is 5.41 Å². The number of ether oxygens (including phenoxy) is 3. The molecule has 2 aromatic carbocycles. The molecule has 0 aromatic heterocycles. The van der Waals surface area contributed by atoms with Crippen LogP contribution in [0.3, 0.4) is 0 Å². The zero-order chi connectivity index (χ0) is 25.8. The minimum Gasteiger partial charge on any atom is -0.490 e. The summed E-state index contributed by atoms with van der Waals surface area (Å²) in [5.41, 5.74) is 3.17. The first kappa shape index (κ1) is 25.5. The summed E-state index contributed by atoms with van der Waals surface area (Å²) in [6, 6.07) is 11.5. The van der Waals surface area contributed by atoms with Gasteiger partial charge in [-0.2, -0.15) is 15.1 Å². The van der Waals surface area contributed by atoms with Gasteiger partial charge in [-0.1, -0.05) is 26.0 Å². The number of carbonyl (C=O) groups excluding carboxylic acids is 1. The van der Waals surface area contributed by atoms with E-state index in [1.54, 1.807) is 18.2 Å². The summed E-state index contributed by atoms with van der Waals surface area (Å²) in [7, 11) is 0. The van der Waals surface area contributed by atoms with E-state index in [-0.39, 0.29) is 17.3 Å². The average molecular weight is 507 g/mol. The number of hydrazone groups is 1. The fraction of sp³-hybridized carbons (Fsp3) is 0.333. The average Bonchev–Trinajstić information content (AvgIpc) is 3.25. The lowest BCUT2D eigenvalue weighted by Gasteiger charge is -2.20. The largest absolute Gasteiger partial charge is 0.490 e. The van der Waals surface area contributed by atoms with Gasteiger partial charge in [0.05, 0.1) is 12.2 Å². The van der Waals surface area contributed by atoms with Crippen LogP contribution in [-0.4, -0.2) is 46.8 Å². The van der Waals surface area contributed by atoms with Crippen LogP contribution in [0.25, 0.3) is 6.08 Å². The van der Waals surface area contributed by atoms with Gasteiger partial charge in [0.2, 0.25) is 5.17 Å². The second kappa shape index (κ2) is 11.0. The lowest BCUT2D eigenvalue weighted by Crippen LogP contribution is -2.35. The summed E-state index contributed by atoms with van der Waals surface area (Å²) >= 11 is 1.33. The molecular formula is C27H30N4O4S. The second-order valence-electron chi connectivity index (χ2n) is 8.77. The first-order valence-electron chi connectivity index (χ1n) is 11.9. The second-order valence-corrected chi connectivity index (χ2v) is 9.76. The Bertz CT molecular complexity index is 1260. The maximum atomic E-state index is 12.7. The Morgan fingerprint density at radius 2 is 1.75 bits per heavy atom. The number of carbonyl (C=O) groups is 1. The van der Waals surface area contributed by atoms with Crippen molar-refractivity contribution >= 4 is 39.8 Å². The highest BCUT2D eigenvalue weighted by atomic mass is 32.2. The van der Waals surface area contributed by atoms with E-state index < -0.39 is 5.91 Å². The van der Waals surface area contributed by atoms with Gasteiger partial charge in [0.1, 0.15) is 24.0 Å². The van der Waals surface area contributed by atoms with Crippen LogP contribution >= 0.6 is 11.8 Å². The van der Waals surface area contributed by atoms with Crippen molar-refractivity contribution in [2.24, 2.45) is 16.0 Å². The third-order valence-electron chi connectivity index (χ3n) is 5.35. The minimum absolute atomic E-state index is 0.00923. The Labute approximate surface area is 215 Å². The van der Waals surface area contributed by atoms with Crippen molar-refractivity contribution in [2.75, 3.05) is 19.8 Å². The van der Waals surface area contributed by atoms with E-state index in [2.05, 4.69) is 16.2 Å². The molecule has 2 heterocycles. The molecule has 0 fully saturated rings. The van der Waals surface area contributed by atoms with Crippen LogP contribution in [0.15, 0.2) is 52.1 Å². The predicted octanol–water partition coefficient (Wildman–Crippen LogP) is 5.44. The number of aliphatic imine (C=N–C) groups is 1. The molecule has 2 aromatic rings. The van der Waals surface area contributed by atoms with Crippen LogP contribution in [-0.2, 0) is 4.79 Å². The SMILES string of the molecule is CCOc1cc(C=C2C(=N)N3N=C(C(C)C)SC3=NC2=O)ccc1OCCOc1cc(C)cc(C)c1. The molecule has 0 radical (unpaired) electrons. The lowest BCUT2D eigenvalue weighted by molar-refractivity contribution is -0.114. The Morgan fingerprint density at radius 3 is 2.44 bits per heavy atom. The van der Waals surface area contributed by atoms with Gasteiger partial charge in [-0.3, -0.25) is 10.2 Å². The molecule has 0 unspecified atom stereocenters. The van der Waals surface area contributed by atoms with Crippen molar-refractivity contribution in [3.05, 3.63) is 58.7 Å². The number of amidine groups is 2. The van der Waals surface area contributed by atoms with Crippen molar-refractivity contribution in [2.45, 2.75) is 34.6 Å². The number of benzene rings is 2. The number of nitrogens with zero attached hydrogens (tertiary/aromatic N) is 3. The molecule has 4 rings (SSSR count). The van der Waals surface area contributed by atoms with E-state index in [9.17, 15) is 4.79 Å². The maximum Gasteiger partial charge on any atom is 0.283 e. The number of nitrogens with one attached hydrogen (secondary N) is 1. The van der Waals surface area contributed by atoms with E-state index in [1.165, 1.54) is 16.8 Å². The molecule has 0 bridgehead atoms. The van der Waals surface area contributed by atoms with E-state index in [0.717, 1.165) is 21.9 Å². The van der Waals surface area contributed by atoms with Gasteiger partial charge >= 0.3 is 0 Å². The molecule has 2 aliphatic rings. The number of hydrogen-bond acceptors (Lipinski definition) is 7. The van der Waals surface area contributed by atoms with E-state index in [4.69, 9.17) is 19.6 Å². The number of fused-ring (bicyclic) bond motifs is 1. The van der Waals surface area contributed by atoms with Gasteiger partial charge in [0.15, 0.2) is 17.3 Å². The van der Waals surface area contributed by atoms with Crippen molar-refractivity contribution in [3.8, 4) is 17.2 Å². The molecular weight excluding hydrogens is 476 g/mol. The summed E-state index contributed by atoms with van der Waals surface area (Å²) in [6.45, 7) is 11.2. The van der Waals surface area contributed by atoms with Gasteiger partial charge in [0.25, 0.3) is 5.91 Å². The van der Waals surface area contributed by atoms with Crippen molar-refractivity contribution < 1.29 is 19.0 Å². The summed E-state index contributed by atoms with van der Waals surface area (Å²) in [4.78, 5) is 16.8.